The maximum Gasteiger partial charge on any atom is 0.223 e. The van der Waals surface area contributed by atoms with Gasteiger partial charge in [0.2, 0.25) is 5.95 Å². The van der Waals surface area contributed by atoms with Crippen molar-refractivity contribution >= 4 is 17.6 Å². The summed E-state index contributed by atoms with van der Waals surface area (Å²) in [5, 5.41) is 12.4. The van der Waals surface area contributed by atoms with Crippen LogP contribution in [0.5, 0.6) is 0 Å². The molecule has 1 aromatic rings. The quantitative estimate of drug-likeness (QED) is 0.339. The number of anilines is 3. The van der Waals surface area contributed by atoms with Crippen LogP contribution in [0.3, 0.4) is 0 Å². The van der Waals surface area contributed by atoms with Gasteiger partial charge in [-0.1, -0.05) is 6.92 Å². The van der Waals surface area contributed by atoms with E-state index in [1.165, 1.54) is 0 Å². The summed E-state index contributed by atoms with van der Waals surface area (Å²) in [7, 11) is 0. The van der Waals surface area contributed by atoms with Crippen LogP contribution < -0.4 is 22.3 Å². The molecule has 1 aromatic heterocycles. The summed E-state index contributed by atoms with van der Waals surface area (Å²) >= 11 is 0. The molecule has 0 amide bonds. The van der Waals surface area contributed by atoms with Gasteiger partial charge in [0, 0.05) is 12.6 Å². The summed E-state index contributed by atoms with van der Waals surface area (Å²) in [5.74, 6) is 6.41. The van der Waals surface area contributed by atoms with Crippen LogP contribution in [0, 0.1) is 0 Å². The van der Waals surface area contributed by atoms with Gasteiger partial charge < -0.3 is 21.6 Å². The maximum absolute atomic E-state index is 9.36. The molecule has 7 heteroatoms. The first-order chi connectivity index (χ1) is 7.65. The van der Waals surface area contributed by atoms with Gasteiger partial charge in [-0.25, -0.2) is 5.84 Å². The molecule has 1 unspecified atom stereocenters. The lowest BCUT2D eigenvalue weighted by Crippen LogP contribution is -2.15. The number of aliphatic hydroxyl groups is 1. The third-order valence-corrected chi connectivity index (χ3v) is 2.15. The van der Waals surface area contributed by atoms with Crippen molar-refractivity contribution in [3.05, 3.63) is 6.07 Å². The number of nitrogens with zero attached hydrogens (tertiary/aromatic N) is 2. The predicted molar refractivity (Wildman–Crippen MR) is 63.7 cm³/mol. The lowest BCUT2D eigenvalue weighted by Gasteiger charge is -2.10. The summed E-state index contributed by atoms with van der Waals surface area (Å²) in [5.41, 5.74) is 7.88. The second-order valence-corrected chi connectivity index (χ2v) is 3.42. The van der Waals surface area contributed by atoms with Gasteiger partial charge in [-0.2, -0.15) is 9.97 Å². The summed E-state index contributed by atoms with van der Waals surface area (Å²) in [4.78, 5) is 7.84. The molecule has 0 aliphatic rings. The number of rotatable bonds is 6. The molecule has 0 aliphatic carbocycles. The number of aromatic nitrogens is 2. The molecule has 0 aliphatic heterocycles. The molecule has 7 N–H and O–H groups in total. The molecule has 0 saturated heterocycles. The molecule has 90 valence electrons. The van der Waals surface area contributed by atoms with Gasteiger partial charge in [-0.15, -0.1) is 0 Å². The molecule has 0 fully saturated rings. The van der Waals surface area contributed by atoms with Crippen molar-refractivity contribution in [1.82, 2.24) is 9.97 Å². The molecule has 16 heavy (non-hydrogen) atoms. The topological polar surface area (TPSA) is 122 Å². The molecule has 1 atom stereocenters. The Morgan fingerprint density at radius 1 is 1.44 bits per heavy atom. The number of hydrogen-bond acceptors (Lipinski definition) is 7. The Bertz CT molecular complexity index is 332. The van der Waals surface area contributed by atoms with Crippen LogP contribution in [0.2, 0.25) is 0 Å². The predicted octanol–water partition coefficient (Wildman–Crippen LogP) is -0.0827. The van der Waals surface area contributed by atoms with Gasteiger partial charge in [0.15, 0.2) is 0 Å². The number of aliphatic hydroxyl groups excluding tert-OH is 1. The fourth-order valence-electron chi connectivity index (χ4n) is 1.20. The molecular formula is C9H18N6O. The average Bonchev–Trinajstić information content (AvgIpc) is 2.28. The molecule has 0 spiro atoms. The first-order valence-electron chi connectivity index (χ1n) is 5.18. The number of nitrogens with one attached hydrogen (secondary N) is 2. The second-order valence-electron chi connectivity index (χ2n) is 3.42. The Labute approximate surface area is 94.2 Å². The summed E-state index contributed by atoms with van der Waals surface area (Å²) in [6, 6.07) is 1.65. The van der Waals surface area contributed by atoms with E-state index in [0.717, 1.165) is 6.42 Å². The third kappa shape index (κ3) is 3.87. The van der Waals surface area contributed by atoms with Crippen molar-refractivity contribution < 1.29 is 5.11 Å². The highest BCUT2D eigenvalue weighted by molar-refractivity contribution is 5.50. The van der Waals surface area contributed by atoms with Gasteiger partial charge >= 0.3 is 0 Å². The second kappa shape index (κ2) is 6.09. The molecular weight excluding hydrogens is 208 g/mol. The fraction of sp³-hybridized carbons (Fsp3) is 0.556. The first-order valence-corrected chi connectivity index (χ1v) is 5.18. The van der Waals surface area contributed by atoms with Crippen molar-refractivity contribution in [2.24, 2.45) is 5.84 Å². The minimum Gasteiger partial charge on any atom is -0.393 e. The Kier molecular flexibility index (Phi) is 4.74. The van der Waals surface area contributed by atoms with Gasteiger partial charge in [0.25, 0.3) is 0 Å². The maximum atomic E-state index is 9.36. The fourth-order valence-corrected chi connectivity index (χ4v) is 1.20. The largest absolute Gasteiger partial charge is 0.393 e. The van der Waals surface area contributed by atoms with E-state index in [-0.39, 0.29) is 12.1 Å². The Morgan fingerprint density at radius 3 is 2.75 bits per heavy atom. The van der Waals surface area contributed by atoms with Gasteiger partial charge in [0.1, 0.15) is 11.6 Å². The average molecular weight is 226 g/mol. The summed E-state index contributed by atoms with van der Waals surface area (Å²) < 4.78 is 0. The molecule has 0 bridgehead atoms. The monoisotopic (exact) mass is 226 g/mol. The minimum absolute atomic E-state index is 0.147. The third-order valence-electron chi connectivity index (χ3n) is 2.15. The van der Waals surface area contributed by atoms with E-state index in [1.54, 1.807) is 6.07 Å². The zero-order valence-corrected chi connectivity index (χ0v) is 9.27. The van der Waals surface area contributed by atoms with Gasteiger partial charge in [-0.3, -0.25) is 0 Å². The highest BCUT2D eigenvalue weighted by atomic mass is 16.3. The smallest absolute Gasteiger partial charge is 0.223 e. The van der Waals surface area contributed by atoms with Gasteiger partial charge in [0.05, 0.1) is 6.10 Å². The molecule has 0 radical (unpaired) electrons. The SMILES string of the molecule is CCC(O)CCNc1cc(NN)nc(N)n1. The first kappa shape index (κ1) is 12.5. The van der Waals surface area contributed by atoms with Crippen LogP contribution in [0.4, 0.5) is 17.6 Å². The zero-order chi connectivity index (χ0) is 12.0. The number of hydrazine groups is 1. The van der Waals surface area contributed by atoms with E-state index in [2.05, 4.69) is 20.7 Å². The van der Waals surface area contributed by atoms with Crippen molar-refractivity contribution in [3.8, 4) is 0 Å². The van der Waals surface area contributed by atoms with E-state index in [0.29, 0.717) is 24.6 Å². The van der Waals surface area contributed by atoms with Crippen LogP contribution in [0.1, 0.15) is 19.8 Å². The van der Waals surface area contributed by atoms with Crippen LogP contribution in [0.15, 0.2) is 6.07 Å². The molecule has 0 saturated carbocycles. The minimum atomic E-state index is -0.293. The number of hydrogen-bond donors (Lipinski definition) is 5. The van der Waals surface area contributed by atoms with Crippen LogP contribution in [-0.4, -0.2) is 27.7 Å². The van der Waals surface area contributed by atoms with Crippen molar-refractivity contribution in [1.29, 1.82) is 0 Å². The number of nitrogen functional groups attached to an aromatic ring is 2. The van der Waals surface area contributed by atoms with E-state index in [1.807, 2.05) is 6.92 Å². The molecule has 7 nitrogen and oxygen atoms in total. The molecule has 1 heterocycles. The lowest BCUT2D eigenvalue weighted by molar-refractivity contribution is 0.164. The highest BCUT2D eigenvalue weighted by Gasteiger charge is 2.03. The normalized spacial score (nSPS) is 12.2. The molecule has 1 rings (SSSR count). The van der Waals surface area contributed by atoms with Gasteiger partial charge in [-0.05, 0) is 12.8 Å². The Morgan fingerprint density at radius 2 is 2.12 bits per heavy atom. The van der Waals surface area contributed by atoms with E-state index in [4.69, 9.17) is 11.6 Å². The summed E-state index contributed by atoms with van der Waals surface area (Å²) in [6.45, 7) is 2.55. The summed E-state index contributed by atoms with van der Waals surface area (Å²) in [6.07, 6.45) is 1.11. The van der Waals surface area contributed by atoms with E-state index < -0.39 is 0 Å². The Hall–Kier alpha value is -1.60. The van der Waals surface area contributed by atoms with Crippen LogP contribution in [0.25, 0.3) is 0 Å². The zero-order valence-electron chi connectivity index (χ0n) is 9.27. The highest BCUT2D eigenvalue weighted by Crippen LogP contribution is 2.11. The van der Waals surface area contributed by atoms with Crippen molar-refractivity contribution in [3.63, 3.8) is 0 Å². The van der Waals surface area contributed by atoms with E-state index >= 15 is 0 Å². The van der Waals surface area contributed by atoms with E-state index in [9.17, 15) is 5.11 Å². The number of nitrogens with two attached hydrogens (primary N) is 2. The van der Waals surface area contributed by atoms with Crippen molar-refractivity contribution in [2.75, 3.05) is 23.0 Å². The van der Waals surface area contributed by atoms with Crippen molar-refractivity contribution in [2.45, 2.75) is 25.9 Å². The van der Waals surface area contributed by atoms with Crippen LogP contribution >= 0.6 is 0 Å². The van der Waals surface area contributed by atoms with Crippen LogP contribution in [-0.2, 0) is 0 Å². The molecule has 0 aromatic carbocycles. The Balaban J connectivity index is 2.50. The standard InChI is InChI=1S/C9H18N6O/c1-2-6(16)3-4-12-7-5-8(15-11)14-9(10)13-7/h5-6,16H,2-4,11H2,1H3,(H4,10,12,13,14,15). The lowest BCUT2D eigenvalue weighted by atomic mass is 10.2.